The second-order valence-electron chi connectivity index (χ2n) is 7.24. The van der Waals surface area contributed by atoms with Crippen LogP contribution in [0.25, 0.3) is 23.1 Å². The highest BCUT2D eigenvalue weighted by Crippen LogP contribution is 2.14. The molecule has 2 heterocycles. The van der Waals surface area contributed by atoms with Gasteiger partial charge in [-0.3, -0.25) is 4.79 Å². The molecule has 0 spiro atoms. The molecule has 31 heavy (non-hydrogen) atoms. The number of fused-ring (bicyclic) bond motifs is 1. The molecule has 0 unspecified atom stereocenters. The smallest absolute Gasteiger partial charge is 0.246 e. The van der Waals surface area contributed by atoms with Gasteiger partial charge in [0, 0.05) is 43.0 Å². The van der Waals surface area contributed by atoms with E-state index in [0.717, 1.165) is 16.5 Å². The molecule has 2 aromatic carbocycles. The number of nitrogens with zero attached hydrogens (tertiary/aromatic N) is 3. The number of hydrogen-bond acceptors (Lipinski definition) is 4. The van der Waals surface area contributed by atoms with Crippen LogP contribution in [0, 0.1) is 0 Å². The van der Waals surface area contributed by atoms with E-state index in [1.165, 1.54) is 15.8 Å². The third-order valence-corrected chi connectivity index (χ3v) is 6.72. The summed E-state index contributed by atoms with van der Waals surface area (Å²) in [6.45, 7) is 1.25. The molecule has 1 aliphatic rings. The molecule has 0 atom stereocenters. The van der Waals surface area contributed by atoms with Gasteiger partial charge in [0.2, 0.25) is 15.9 Å². The van der Waals surface area contributed by atoms with E-state index >= 15 is 0 Å². The molecule has 0 bridgehead atoms. The van der Waals surface area contributed by atoms with E-state index in [2.05, 4.69) is 4.98 Å². The van der Waals surface area contributed by atoms with Gasteiger partial charge in [0.15, 0.2) is 0 Å². The number of amides is 1. The van der Waals surface area contributed by atoms with Crippen molar-refractivity contribution in [2.75, 3.05) is 26.2 Å². The van der Waals surface area contributed by atoms with Crippen molar-refractivity contribution in [1.29, 1.82) is 0 Å². The van der Waals surface area contributed by atoms with Gasteiger partial charge in [-0.25, -0.2) is 13.4 Å². The van der Waals surface area contributed by atoms with Crippen LogP contribution in [0.2, 0.25) is 0 Å². The number of carbonyl (C=O) groups is 1. The molecule has 158 valence electrons. The van der Waals surface area contributed by atoms with Gasteiger partial charge in [0.25, 0.3) is 0 Å². The number of pyridine rings is 1. The number of benzene rings is 2. The molecule has 1 aromatic heterocycles. The normalized spacial score (nSPS) is 15.8. The van der Waals surface area contributed by atoms with E-state index in [1.807, 2.05) is 66.7 Å². The first-order valence-electron chi connectivity index (χ1n) is 10.1. The van der Waals surface area contributed by atoms with Crippen LogP contribution in [0.15, 0.2) is 78.2 Å². The Morgan fingerprint density at radius 1 is 0.839 bits per heavy atom. The Bertz CT molecular complexity index is 1230. The highest BCUT2D eigenvalue weighted by Gasteiger charge is 2.26. The Kier molecular flexibility index (Phi) is 6.25. The maximum atomic E-state index is 12.6. The number of sulfonamides is 1. The molecule has 0 saturated carbocycles. The molecule has 7 heteroatoms. The zero-order chi connectivity index (χ0) is 21.7. The summed E-state index contributed by atoms with van der Waals surface area (Å²) in [5, 5.41) is 2.27. The minimum absolute atomic E-state index is 0.146. The predicted molar refractivity (Wildman–Crippen MR) is 123 cm³/mol. The van der Waals surface area contributed by atoms with Crippen LogP contribution < -0.4 is 0 Å². The fourth-order valence-electron chi connectivity index (χ4n) is 3.41. The van der Waals surface area contributed by atoms with Crippen LogP contribution in [0.3, 0.4) is 0 Å². The second kappa shape index (κ2) is 9.24. The Morgan fingerprint density at radius 3 is 2.32 bits per heavy atom. The van der Waals surface area contributed by atoms with Gasteiger partial charge in [-0.15, -0.1) is 0 Å². The third kappa shape index (κ3) is 5.25. The van der Waals surface area contributed by atoms with Crippen LogP contribution >= 0.6 is 0 Å². The molecule has 0 aliphatic carbocycles. The summed E-state index contributed by atoms with van der Waals surface area (Å²) in [6, 6.07) is 20.9. The van der Waals surface area contributed by atoms with Gasteiger partial charge in [0.05, 0.1) is 11.2 Å². The molecule has 0 radical (unpaired) electrons. The van der Waals surface area contributed by atoms with Gasteiger partial charge in [-0.05, 0) is 29.8 Å². The summed E-state index contributed by atoms with van der Waals surface area (Å²) >= 11 is 0. The number of hydrogen-bond donors (Lipinski definition) is 0. The predicted octanol–water partition coefficient (Wildman–Crippen LogP) is 3.39. The average Bonchev–Trinajstić information content (AvgIpc) is 2.82. The number of rotatable bonds is 5. The minimum Gasteiger partial charge on any atom is -0.337 e. The van der Waals surface area contributed by atoms with E-state index in [0.29, 0.717) is 18.8 Å². The zero-order valence-electron chi connectivity index (χ0n) is 17.0. The lowest BCUT2D eigenvalue weighted by Gasteiger charge is -2.32. The van der Waals surface area contributed by atoms with Gasteiger partial charge in [-0.2, -0.15) is 4.31 Å². The minimum atomic E-state index is -3.52. The maximum Gasteiger partial charge on any atom is 0.246 e. The quantitative estimate of drug-likeness (QED) is 0.579. The maximum absolute atomic E-state index is 12.6. The molecule has 1 aliphatic heterocycles. The van der Waals surface area contributed by atoms with Crippen LogP contribution in [-0.2, 0) is 14.8 Å². The number of para-hydroxylation sites is 1. The standard InChI is InChI=1S/C24H23N3O3S/c28-24(13-12-22-11-10-21-8-4-5-9-23(21)25-22)26-15-17-27(18-16-26)31(29,30)19-14-20-6-2-1-3-7-20/h1-14,19H,15-18H2/b13-12-,19-14+. The lowest BCUT2D eigenvalue weighted by atomic mass is 10.2. The van der Waals surface area contributed by atoms with Crippen molar-refractivity contribution in [1.82, 2.24) is 14.2 Å². The van der Waals surface area contributed by atoms with E-state index < -0.39 is 10.0 Å². The first kappa shape index (κ1) is 21.0. The van der Waals surface area contributed by atoms with E-state index in [1.54, 1.807) is 17.1 Å². The van der Waals surface area contributed by atoms with Crippen molar-refractivity contribution >= 4 is 39.0 Å². The van der Waals surface area contributed by atoms with Crippen LogP contribution in [-0.4, -0.2) is 54.7 Å². The molecule has 0 N–H and O–H groups in total. The molecule has 4 rings (SSSR count). The van der Waals surface area contributed by atoms with E-state index in [-0.39, 0.29) is 19.0 Å². The van der Waals surface area contributed by atoms with Crippen molar-refractivity contribution in [2.24, 2.45) is 0 Å². The number of piperazine rings is 1. The van der Waals surface area contributed by atoms with Crippen molar-refractivity contribution < 1.29 is 13.2 Å². The fraction of sp³-hybridized carbons (Fsp3) is 0.167. The summed E-state index contributed by atoms with van der Waals surface area (Å²) in [7, 11) is -3.52. The van der Waals surface area contributed by atoms with Crippen LogP contribution in [0.5, 0.6) is 0 Å². The van der Waals surface area contributed by atoms with Crippen molar-refractivity contribution in [2.45, 2.75) is 0 Å². The van der Waals surface area contributed by atoms with Crippen LogP contribution in [0.4, 0.5) is 0 Å². The summed E-state index contributed by atoms with van der Waals surface area (Å²) in [4.78, 5) is 18.7. The lowest BCUT2D eigenvalue weighted by molar-refractivity contribution is -0.127. The largest absolute Gasteiger partial charge is 0.337 e. The lowest BCUT2D eigenvalue weighted by Crippen LogP contribution is -2.49. The molecular formula is C24H23N3O3S. The average molecular weight is 434 g/mol. The zero-order valence-corrected chi connectivity index (χ0v) is 17.8. The molecular weight excluding hydrogens is 410 g/mol. The van der Waals surface area contributed by atoms with Gasteiger partial charge >= 0.3 is 0 Å². The van der Waals surface area contributed by atoms with Crippen molar-refractivity contribution in [3.05, 3.63) is 89.5 Å². The first-order chi connectivity index (χ1) is 15.0. The van der Waals surface area contributed by atoms with E-state index in [4.69, 9.17) is 0 Å². The van der Waals surface area contributed by atoms with Gasteiger partial charge < -0.3 is 4.90 Å². The third-order valence-electron chi connectivity index (χ3n) is 5.16. The molecule has 6 nitrogen and oxygen atoms in total. The molecule has 3 aromatic rings. The summed E-state index contributed by atoms with van der Waals surface area (Å²) in [5.41, 5.74) is 2.41. The van der Waals surface area contributed by atoms with E-state index in [9.17, 15) is 13.2 Å². The topological polar surface area (TPSA) is 70.6 Å². The molecule has 1 amide bonds. The second-order valence-corrected chi connectivity index (χ2v) is 9.06. The van der Waals surface area contributed by atoms with Crippen molar-refractivity contribution in [3.8, 4) is 0 Å². The number of carbonyl (C=O) groups excluding carboxylic acids is 1. The monoisotopic (exact) mass is 433 g/mol. The van der Waals surface area contributed by atoms with Gasteiger partial charge in [-0.1, -0.05) is 54.6 Å². The summed E-state index contributed by atoms with van der Waals surface area (Å²) < 4.78 is 26.5. The van der Waals surface area contributed by atoms with Crippen molar-refractivity contribution in [3.63, 3.8) is 0 Å². The Hall–Kier alpha value is -3.29. The Morgan fingerprint density at radius 2 is 1.55 bits per heavy atom. The molecule has 1 saturated heterocycles. The van der Waals surface area contributed by atoms with Crippen LogP contribution in [0.1, 0.15) is 11.3 Å². The van der Waals surface area contributed by atoms with Gasteiger partial charge in [0.1, 0.15) is 0 Å². The Balaban J connectivity index is 1.34. The summed E-state index contributed by atoms with van der Waals surface area (Å²) in [6.07, 6.45) is 4.78. The SMILES string of the molecule is O=C(/C=C\c1ccc2ccccc2n1)N1CCN(S(=O)(=O)/C=C/c2ccccc2)CC1. The number of aromatic nitrogens is 1. The first-order valence-corrected chi connectivity index (χ1v) is 11.6. The summed E-state index contributed by atoms with van der Waals surface area (Å²) in [5.74, 6) is -0.146. The highest BCUT2D eigenvalue weighted by atomic mass is 32.2. The molecule has 1 fully saturated rings. The Labute approximate surface area is 182 Å². The fourth-order valence-corrected chi connectivity index (χ4v) is 4.59. The highest BCUT2D eigenvalue weighted by molar-refractivity contribution is 7.92.